The molecular formula is C8H7N. The molecule has 0 aromatic heterocycles. The lowest BCUT2D eigenvalue weighted by molar-refractivity contribution is 1.60. The van der Waals surface area contributed by atoms with Gasteiger partial charge in [0.1, 0.15) is 0 Å². The normalized spacial score (nSPS) is 12.0. The van der Waals surface area contributed by atoms with E-state index in [0.717, 1.165) is 10.9 Å². The SMILES string of the molecule is C=c1ccc2c(c1N)C=2. The zero-order valence-corrected chi connectivity index (χ0v) is 5.02. The molecule has 2 rings (SSSR count). The molecule has 9 heavy (non-hydrogen) atoms. The largest absolute Gasteiger partial charge is 0.398 e. The van der Waals surface area contributed by atoms with Gasteiger partial charge in [-0.15, -0.1) is 0 Å². The minimum atomic E-state index is 0.840. The molecule has 0 saturated heterocycles. The summed E-state index contributed by atoms with van der Waals surface area (Å²) in [5.41, 5.74) is 7.66. The summed E-state index contributed by atoms with van der Waals surface area (Å²) in [4.78, 5) is 0. The van der Waals surface area contributed by atoms with E-state index in [1.807, 2.05) is 12.1 Å². The van der Waals surface area contributed by atoms with Crippen molar-refractivity contribution in [1.29, 1.82) is 0 Å². The first-order valence-electron chi connectivity index (χ1n) is 2.88. The molecule has 1 aromatic carbocycles. The van der Waals surface area contributed by atoms with Crippen molar-refractivity contribution in [1.82, 2.24) is 0 Å². The van der Waals surface area contributed by atoms with Crippen LogP contribution in [0.2, 0.25) is 0 Å². The Morgan fingerprint density at radius 1 is 1.33 bits per heavy atom. The molecule has 0 saturated carbocycles. The number of hydrogen-bond donors (Lipinski definition) is 1. The predicted octanol–water partition coefficient (Wildman–Crippen LogP) is -0.179. The second-order valence-corrected chi connectivity index (χ2v) is 2.29. The van der Waals surface area contributed by atoms with Crippen molar-refractivity contribution in [3.05, 3.63) is 28.1 Å². The van der Waals surface area contributed by atoms with Gasteiger partial charge in [0.15, 0.2) is 0 Å². The van der Waals surface area contributed by atoms with Crippen LogP contribution in [0.3, 0.4) is 0 Å². The maximum atomic E-state index is 5.64. The number of benzene rings is 1. The van der Waals surface area contributed by atoms with Crippen LogP contribution >= 0.6 is 0 Å². The molecule has 1 aromatic rings. The molecular weight excluding hydrogens is 110 g/mol. The van der Waals surface area contributed by atoms with Gasteiger partial charge in [-0.05, 0) is 16.5 Å². The van der Waals surface area contributed by atoms with Crippen molar-refractivity contribution in [2.45, 2.75) is 0 Å². The highest BCUT2D eigenvalue weighted by molar-refractivity contribution is 5.77. The molecule has 0 heterocycles. The van der Waals surface area contributed by atoms with E-state index >= 15 is 0 Å². The van der Waals surface area contributed by atoms with Crippen LogP contribution in [-0.2, 0) is 0 Å². The highest BCUT2D eigenvalue weighted by Gasteiger charge is 2.07. The molecule has 0 unspecified atom stereocenters. The van der Waals surface area contributed by atoms with E-state index in [9.17, 15) is 0 Å². The predicted molar refractivity (Wildman–Crippen MR) is 39.2 cm³/mol. The van der Waals surface area contributed by atoms with Gasteiger partial charge in [-0.25, -0.2) is 0 Å². The van der Waals surface area contributed by atoms with Crippen molar-refractivity contribution >= 4 is 18.3 Å². The molecule has 0 fully saturated rings. The first-order chi connectivity index (χ1) is 4.29. The molecule has 0 radical (unpaired) electrons. The Morgan fingerprint density at radius 2 is 2.11 bits per heavy atom. The van der Waals surface area contributed by atoms with Crippen LogP contribution in [0.25, 0.3) is 12.7 Å². The van der Waals surface area contributed by atoms with E-state index in [1.165, 1.54) is 10.8 Å². The molecule has 44 valence electrons. The van der Waals surface area contributed by atoms with Crippen LogP contribution in [0.1, 0.15) is 5.56 Å². The van der Waals surface area contributed by atoms with Crippen molar-refractivity contribution in [3.8, 4) is 0 Å². The number of nitrogens with two attached hydrogens (primary N) is 1. The zero-order valence-electron chi connectivity index (χ0n) is 5.02. The minimum absolute atomic E-state index is 0.840. The first-order valence-corrected chi connectivity index (χ1v) is 2.88. The molecule has 1 aliphatic rings. The summed E-state index contributed by atoms with van der Waals surface area (Å²) in [5, 5.41) is 2.20. The quantitative estimate of drug-likeness (QED) is 0.476. The average Bonchev–Trinajstić information content (AvgIpc) is 2.58. The van der Waals surface area contributed by atoms with Crippen molar-refractivity contribution in [2.75, 3.05) is 5.73 Å². The Morgan fingerprint density at radius 3 is 2.78 bits per heavy atom. The van der Waals surface area contributed by atoms with Gasteiger partial charge in [-0.2, -0.15) is 0 Å². The van der Waals surface area contributed by atoms with Gasteiger partial charge in [0.25, 0.3) is 0 Å². The van der Waals surface area contributed by atoms with Crippen LogP contribution in [0.5, 0.6) is 0 Å². The highest BCUT2D eigenvalue weighted by atomic mass is 14.6. The zero-order chi connectivity index (χ0) is 6.43. The summed E-state index contributed by atoms with van der Waals surface area (Å²) in [5.74, 6) is 0. The third-order valence-corrected chi connectivity index (χ3v) is 1.63. The van der Waals surface area contributed by atoms with Crippen LogP contribution < -0.4 is 16.2 Å². The standard InChI is InChI=1S/C8H7N/c1-5-2-3-6-4-7(6)8(5)9/h2-4H,1,9H2. The third-order valence-electron chi connectivity index (χ3n) is 1.63. The van der Waals surface area contributed by atoms with E-state index in [-0.39, 0.29) is 0 Å². The number of rotatable bonds is 0. The van der Waals surface area contributed by atoms with Crippen LogP contribution in [-0.4, -0.2) is 0 Å². The third kappa shape index (κ3) is 0.486. The second-order valence-electron chi connectivity index (χ2n) is 2.29. The van der Waals surface area contributed by atoms with Crippen LogP contribution in [0.15, 0.2) is 12.1 Å². The summed E-state index contributed by atoms with van der Waals surface area (Å²) in [6.45, 7) is 3.77. The maximum absolute atomic E-state index is 5.64. The van der Waals surface area contributed by atoms with Crippen molar-refractivity contribution in [3.63, 3.8) is 0 Å². The van der Waals surface area contributed by atoms with Gasteiger partial charge < -0.3 is 5.73 Å². The number of anilines is 1. The smallest absolute Gasteiger partial charge is 0.0461 e. The summed E-state index contributed by atoms with van der Waals surface area (Å²) < 4.78 is 0. The molecule has 0 bridgehead atoms. The fourth-order valence-electron chi connectivity index (χ4n) is 0.944. The Labute approximate surface area is 53.1 Å². The second kappa shape index (κ2) is 1.18. The van der Waals surface area contributed by atoms with E-state index in [1.54, 1.807) is 0 Å². The van der Waals surface area contributed by atoms with E-state index in [4.69, 9.17) is 5.73 Å². The van der Waals surface area contributed by atoms with Gasteiger partial charge in [-0.1, -0.05) is 18.7 Å². The van der Waals surface area contributed by atoms with Crippen molar-refractivity contribution in [2.24, 2.45) is 0 Å². The maximum Gasteiger partial charge on any atom is 0.0461 e. The monoisotopic (exact) mass is 117 g/mol. The lowest BCUT2D eigenvalue weighted by atomic mass is 10.2. The molecule has 0 amide bonds. The van der Waals surface area contributed by atoms with Crippen LogP contribution in [0.4, 0.5) is 5.69 Å². The Kier molecular flexibility index (Phi) is 0.608. The van der Waals surface area contributed by atoms with Gasteiger partial charge in [0.05, 0.1) is 0 Å². The topological polar surface area (TPSA) is 26.0 Å². The fraction of sp³-hybridized carbons (Fsp3) is 0. The molecule has 2 N–H and O–H groups in total. The number of hydrogen-bond acceptors (Lipinski definition) is 1. The molecule has 0 atom stereocenters. The Balaban J connectivity index is 2.91. The van der Waals surface area contributed by atoms with Crippen LogP contribution in [0, 0.1) is 0 Å². The Hall–Kier alpha value is -1.24. The fourth-order valence-corrected chi connectivity index (χ4v) is 0.944. The lowest BCUT2D eigenvalue weighted by Gasteiger charge is -1.88. The number of nitrogen functional groups attached to an aromatic ring is 1. The highest BCUT2D eigenvalue weighted by Crippen LogP contribution is 2.09. The van der Waals surface area contributed by atoms with E-state index in [0.29, 0.717) is 0 Å². The summed E-state index contributed by atoms with van der Waals surface area (Å²) in [6.07, 6.45) is 2.06. The average molecular weight is 117 g/mol. The van der Waals surface area contributed by atoms with Gasteiger partial charge >= 0.3 is 0 Å². The molecule has 0 aliphatic heterocycles. The molecule has 1 nitrogen and oxygen atoms in total. The summed E-state index contributed by atoms with van der Waals surface area (Å²) in [6, 6.07) is 3.98. The lowest BCUT2D eigenvalue weighted by Crippen LogP contribution is -2.08. The summed E-state index contributed by atoms with van der Waals surface area (Å²) in [7, 11) is 0. The molecule has 0 spiro atoms. The molecule has 1 heteroatoms. The Bertz CT molecular complexity index is 363. The van der Waals surface area contributed by atoms with E-state index in [2.05, 4.69) is 12.7 Å². The number of fused-ring (bicyclic) bond motifs is 1. The first kappa shape index (κ1) is 4.62. The molecule has 1 aliphatic carbocycles. The summed E-state index contributed by atoms with van der Waals surface area (Å²) >= 11 is 0. The van der Waals surface area contributed by atoms with E-state index < -0.39 is 0 Å². The van der Waals surface area contributed by atoms with Gasteiger partial charge in [0.2, 0.25) is 0 Å². The van der Waals surface area contributed by atoms with Gasteiger partial charge in [0, 0.05) is 11.3 Å². The van der Waals surface area contributed by atoms with Crippen molar-refractivity contribution < 1.29 is 0 Å². The van der Waals surface area contributed by atoms with Gasteiger partial charge in [-0.3, -0.25) is 0 Å². The minimum Gasteiger partial charge on any atom is -0.398 e.